The molecule has 6 nitrogen and oxygen atoms in total. The normalized spacial score (nSPS) is 19.4. The number of rotatable bonds is 5. The largest absolute Gasteiger partial charge is 0.461 e. The first-order valence-corrected chi connectivity index (χ1v) is 7.78. The number of carbonyl (C=O) groups excluding carboxylic acids is 1. The Morgan fingerprint density at radius 3 is 2.79 bits per heavy atom. The van der Waals surface area contributed by atoms with Crippen LogP contribution in [-0.4, -0.2) is 10.8 Å². The van der Waals surface area contributed by atoms with Gasteiger partial charge in [0.05, 0.1) is 16.2 Å². The highest BCUT2D eigenvalue weighted by molar-refractivity contribution is 6.02. The number of carbonyl (C=O) groups is 1. The first-order valence-electron chi connectivity index (χ1n) is 7.78. The van der Waals surface area contributed by atoms with E-state index >= 15 is 0 Å². The highest BCUT2D eigenvalue weighted by Gasteiger charge is 2.36. The molecule has 124 valence electrons. The molecular formula is C18H18N2O4. The average Bonchev–Trinajstić information content (AvgIpc) is 3.09. The molecule has 0 aliphatic heterocycles. The van der Waals surface area contributed by atoms with E-state index in [1.54, 1.807) is 25.1 Å². The van der Waals surface area contributed by atoms with Gasteiger partial charge in [-0.05, 0) is 43.5 Å². The first-order chi connectivity index (χ1) is 11.5. The van der Waals surface area contributed by atoms with Crippen molar-refractivity contribution in [1.29, 1.82) is 0 Å². The quantitative estimate of drug-likeness (QED) is 0.505. The summed E-state index contributed by atoms with van der Waals surface area (Å²) in [6.45, 7) is 3.78. The number of benzene rings is 1. The molecule has 1 aromatic carbocycles. The Morgan fingerprint density at radius 2 is 2.12 bits per heavy atom. The minimum absolute atomic E-state index is 0.0222. The Labute approximate surface area is 139 Å². The summed E-state index contributed by atoms with van der Waals surface area (Å²) in [7, 11) is 0. The van der Waals surface area contributed by atoms with E-state index < -0.39 is 4.92 Å². The Hall–Kier alpha value is -2.89. The van der Waals surface area contributed by atoms with Crippen molar-refractivity contribution in [3.63, 3.8) is 0 Å². The molecule has 0 bridgehead atoms. The van der Waals surface area contributed by atoms with Gasteiger partial charge < -0.3 is 9.73 Å². The van der Waals surface area contributed by atoms with Gasteiger partial charge in [0, 0.05) is 18.1 Å². The number of nitro groups is 1. The van der Waals surface area contributed by atoms with E-state index in [-0.39, 0.29) is 11.6 Å². The lowest BCUT2D eigenvalue weighted by molar-refractivity contribution is -0.385. The van der Waals surface area contributed by atoms with E-state index in [0.717, 1.165) is 12.2 Å². The van der Waals surface area contributed by atoms with E-state index in [1.807, 2.05) is 12.1 Å². The van der Waals surface area contributed by atoms with Crippen molar-refractivity contribution in [2.24, 2.45) is 5.92 Å². The van der Waals surface area contributed by atoms with Gasteiger partial charge >= 0.3 is 0 Å². The maximum absolute atomic E-state index is 12.0. The van der Waals surface area contributed by atoms with Crippen molar-refractivity contribution in [2.45, 2.75) is 26.2 Å². The lowest BCUT2D eigenvalue weighted by Crippen LogP contribution is -2.09. The first kappa shape index (κ1) is 16.0. The van der Waals surface area contributed by atoms with Gasteiger partial charge in [-0.1, -0.05) is 13.0 Å². The molecule has 1 aliphatic carbocycles. The molecule has 1 N–H and O–H groups in total. The molecule has 3 rings (SSSR count). The summed E-state index contributed by atoms with van der Waals surface area (Å²) in [5.74, 6) is 2.37. The maximum atomic E-state index is 12.0. The number of furan rings is 1. The Kier molecular flexibility index (Phi) is 4.20. The molecule has 1 amide bonds. The van der Waals surface area contributed by atoms with Gasteiger partial charge in [-0.3, -0.25) is 14.9 Å². The van der Waals surface area contributed by atoms with Crippen LogP contribution in [-0.2, 0) is 4.79 Å². The van der Waals surface area contributed by atoms with Crippen LogP contribution in [0.25, 0.3) is 6.08 Å². The van der Waals surface area contributed by atoms with Crippen molar-refractivity contribution in [3.8, 4) is 0 Å². The zero-order chi connectivity index (χ0) is 17.3. The zero-order valence-corrected chi connectivity index (χ0v) is 13.5. The Balaban J connectivity index is 1.66. The van der Waals surface area contributed by atoms with Crippen molar-refractivity contribution in [1.82, 2.24) is 0 Å². The molecule has 6 heteroatoms. The summed E-state index contributed by atoms with van der Waals surface area (Å²) in [5, 5.41) is 13.6. The minimum atomic E-state index is -0.468. The third kappa shape index (κ3) is 3.37. The molecule has 0 spiro atoms. The lowest BCUT2D eigenvalue weighted by atomic mass is 10.1. The summed E-state index contributed by atoms with van der Waals surface area (Å²) < 4.78 is 5.70. The van der Waals surface area contributed by atoms with Crippen LogP contribution in [0.5, 0.6) is 0 Å². The average molecular weight is 326 g/mol. The van der Waals surface area contributed by atoms with Gasteiger partial charge in [0.25, 0.3) is 5.69 Å². The fraction of sp³-hybridized carbons (Fsp3) is 0.278. The topological polar surface area (TPSA) is 85.4 Å². The zero-order valence-electron chi connectivity index (χ0n) is 13.5. The predicted molar refractivity (Wildman–Crippen MR) is 90.7 cm³/mol. The van der Waals surface area contributed by atoms with Crippen LogP contribution >= 0.6 is 0 Å². The minimum Gasteiger partial charge on any atom is -0.461 e. The summed E-state index contributed by atoms with van der Waals surface area (Å²) in [6.07, 6.45) is 4.10. The van der Waals surface area contributed by atoms with Crippen LogP contribution in [0.2, 0.25) is 0 Å². The number of nitro benzene ring substituents is 1. The van der Waals surface area contributed by atoms with Gasteiger partial charge in [0.1, 0.15) is 11.5 Å². The molecule has 1 aliphatic rings. The number of amides is 1. The molecule has 1 saturated carbocycles. The molecule has 2 atom stereocenters. The van der Waals surface area contributed by atoms with E-state index in [9.17, 15) is 14.9 Å². The lowest BCUT2D eigenvalue weighted by Gasteiger charge is -2.06. The molecule has 1 aromatic heterocycles. The van der Waals surface area contributed by atoms with E-state index in [0.29, 0.717) is 28.8 Å². The fourth-order valence-electron chi connectivity index (χ4n) is 2.66. The molecule has 2 unspecified atom stereocenters. The molecule has 1 heterocycles. The second kappa shape index (κ2) is 6.31. The highest BCUT2D eigenvalue weighted by Crippen LogP contribution is 2.47. The van der Waals surface area contributed by atoms with Gasteiger partial charge in [0.2, 0.25) is 5.91 Å². The van der Waals surface area contributed by atoms with Gasteiger partial charge in [-0.25, -0.2) is 0 Å². The second-order valence-electron chi connectivity index (χ2n) is 6.09. The van der Waals surface area contributed by atoms with Crippen molar-refractivity contribution in [2.75, 3.05) is 5.32 Å². The number of nitrogens with zero attached hydrogens (tertiary/aromatic N) is 1. The monoisotopic (exact) mass is 326 g/mol. The third-order valence-electron chi connectivity index (χ3n) is 4.28. The van der Waals surface area contributed by atoms with E-state index in [4.69, 9.17) is 4.42 Å². The van der Waals surface area contributed by atoms with Gasteiger partial charge in [0.15, 0.2) is 0 Å². The van der Waals surface area contributed by atoms with Crippen LogP contribution in [0.1, 0.15) is 36.3 Å². The van der Waals surface area contributed by atoms with Crippen LogP contribution in [0, 0.1) is 23.0 Å². The van der Waals surface area contributed by atoms with Crippen LogP contribution in [0.4, 0.5) is 11.4 Å². The summed E-state index contributed by atoms with van der Waals surface area (Å²) in [4.78, 5) is 22.5. The molecule has 24 heavy (non-hydrogen) atoms. The molecule has 0 saturated heterocycles. The number of anilines is 1. The van der Waals surface area contributed by atoms with Crippen molar-refractivity contribution < 1.29 is 14.1 Å². The van der Waals surface area contributed by atoms with E-state index in [1.165, 1.54) is 12.1 Å². The van der Waals surface area contributed by atoms with Gasteiger partial charge in [-0.2, -0.15) is 0 Å². The Bertz CT molecular complexity index is 822. The number of hydrogen-bond acceptors (Lipinski definition) is 4. The highest BCUT2D eigenvalue weighted by atomic mass is 16.6. The molecule has 1 fully saturated rings. The maximum Gasteiger partial charge on any atom is 0.274 e. The SMILES string of the molecule is Cc1c(NC(=O)/C=C/c2ccc(C3CC3C)o2)cccc1[N+](=O)[O-]. The number of hydrogen-bond donors (Lipinski definition) is 1. The predicted octanol–water partition coefficient (Wildman–Crippen LogP) is 4.27. The van der Waals surface area contributed by atoms with Crippen LogP contribution in [0.15, 0.2) is 40.8 Å². The number of nitrogens with one attached hydrogen (secondary N) is 1. The Morgan fingerprint density at radius 1 is 1.38 bits per heavy atom. The van der Waals surface area contributed by atoms with Crippen molar-refractivity contribution in [3.05, 3.63) is 63.6 Å². The smallest absolute Gasteiger partial charge is 0.274 e. The third-order valence-corrected chi connectivity index (χ3v) is 4.28. The molecular weight excluding hydrogens is 308 g/mol. The van der Waals surface area contributed by atoms with Crippen LogP contribution < -0.4 is 5.32 Å². The second-order valence-corrected chi connectivity index (χ2v) is 6.09. The summed E-state index contributed by atoms with van der Waals surface area (Å²) >= 11 is 0. The summed E-state index contributed by atoms with van der Waals surface area (Å²) in [6, 6.07) is 8.36. The van der Waals surface area contributed by atoms with E-state index in [2.05, 4.69) is 12.2 Å². The van der Waals surface area contributed by atoms with Crippen LogP contribution in [0.3, 0.4) is 0 Å². The molecule has 2 aromatic rings. The molecule has 0 radical (unpaired) electrons. The fourth-order valence-corrected chi connectivity index (χ4v) is 2.66. The standard InChI is InChI=1S/C18H18N2O4/c1-11-10-14(11)17-8-6-13(24-17)7-9-18(21)19-15-4-3-5-16(12(15)2)20(22)23/h3-9,11,14H,10H2,1-2H3,(H,19,21)/b9-7+. The van der Waals surface area contributed by atoms with Crippen molar-refractivity contribution >= 4 is 23.4 Å². The summed E-state index contributed by atoms with van der Waals surface area (Å²) in [5.41, 5.74) is 0.823. The van der Waals surface area contributed by atoms with Gasteiger partial charge in [-0.15, -0.1) is 0 Å².